The van der Waals surface area contributed by atoms with E-state index in [0.717, 1.165) is 17.2 Å². The van der Waals surface area contributed by atoms with Crippen molar-refractivity contribution in [1.29, 1.82) is 0 Å². The molecule has 1 fully saturated rings. The molecule has 3 heteroatoms. The molecule has 0 atom stereocenters. The Morgan fingerprint density at radius 2 is 1.74 bits per heavy atom. The normalized spacial score (nSPS) is 28.9. The van der Waals surface area contributed by atoms with E-state index in [1.54, 1.807) is 0 Å². The molecule has 19 heavy (non-hydrogen) atoms. The Hall–Kier alpha value is 0.400. The van der Waals surface area contributed by atoms with Crippen LogP contribution in [0.15, 0.2) is 0 Å². The topological polar surface area (TPSA) is 18.5 Å². The SMILES string of the molecule is CC(C)C1CCC(CBr)(OCCOC(C)(C)C)CC1. The van der Waals surface area contributed by atoms with Gasteiger partial charge < -0.3 is 9.47 Å². The van der Waals surface area contributed by atoms with Crippen LogP contribution in [0, 0.1) is 11.8 Å². The minimum Gasteiger partial charge on any atom is -0.373 e. The zero-order valence-electron chi connectivity index (χ0n) is 13.3. The van der Waals surface area contributed by atoms with E-state index in [1.165, 1.54) is 25.7 Å². The van der Waals surface area contributed by atoms with Gasteiger partial charge in [-0.3, -0.25) is 0 Å². The Morgan fingerprint density at radius 1 is 1.16 bits per heavy atom. The highest BCUT2D eigenvalue weighted by atomic mass is 79.9. The van der Waals surface area contributed by atoms with Crippen molar-refractivity contribution in [2.45, 2.75) is 71.5 Å². The fourth-order valence-electron chi connectivity index (χ4n) is 2.76. The average molecular weight is 335 g/mol. The molecule has 0 heterocycles. The molecular weight excluding hydrogens is 304 g/mol. The molecule has 1 aliphatic rings. The molecule has 0 radical (unpaired) electrons. The average Bonchev–Trinajstić information content (AvgIpc) is 2.34. The summed E-state index contributed by atoms with van der Waals surface area (Å²) in [7, 11) is 0. The van der Waals surface area contributed by atoms with Crippen LogP contribution in [-0.4, -0.2) is 29.7 Å². The van der Waals surface area contributed by atoms with Gasteiger partial charge in [0.25, 0.3) is 0 Å². The van der Waals surface area contributed by atoms with Gasteiger partial charge in [-0.05, 0) is 58.3 Å². The molecule has 0 aliphatic heterocycles. The Balaban J connectivity index is 2.33. The Morgan fingerprint density at radius 3 is 2.16 bits per heavy atom. The van der Waals surface area contributed by atoms with Crippen molar-refractivity contribution in [3.63, 3.8) is 0 Å². The predicted molar refractivity (Wildman–Crippen MR) is 85.0 cm³/mol. The molecule has 0 aromatic heterocycles. The zero-order valence-corrected chi connectivity index (χ0v) is 14.9. The largest absolute Gasteiger partial charge is 0.373 e. The standard InChI is InChI=1S/C16H31BrO2/c1-13(2)14-6-8-16(12-17,9-7-14)19-11-10-18-15(3,4)5/h13-14H,6-12H2,1-5H3. The maximum atomic E-state index is 6.17. The molecule has 1 rings (SSSR count). The van der Waals surface area contributed by atoms with E-state index in [0.29, 0.717) is 13.2 Å². The summed E-state index contributed by atoms with van der Waals surface area (Å²) in [6, 6.07) is 0. The number of rotatable bonds is 6. The third-order valence-corrected chi connectivity index (χ3v) is 5.18. The van der Waals surface area contributed by atoms with Gasteiger partial charge in [-0.15, -0.1) is 0 Å². The fraction of sp³-hybridized carbons (Fsp3) is 1.00. The summed E-state index contributed by atoms with van der Waals surface area (Å²) in [4.78, 5) is 0. The molecule has 0 unspecified atom stereocenters. The first-order valence-electron chi connectivity index (χ1n) is 7.62. The summed E-state index contributed by atoms with van der Waals surface area (Å²) in [5, 5.41) is 0.945. The van der Waals surface area contributed by atoms with Gasteiger partial charge in [0.15, 0.2) is 0 Å². The molecule has 2 nitrogen and oxygen atoms in total. The second-order valence-electron chi connectivity index (χ2n) is 7.21. The fourth-order valence-corrected chi connectivity index (χ4v) is 3.48. The molecule has 0 aromatic rings. The van der Waals surface area contributed by atoms with Gasteiger partial charge in [0.05, 0.1) is 24.4 Å². The van der Waals surface area contributed by atoms with Crippen LogP contribution in [0.4, 0.5) is 0 Å². The minimum absolute atomic E-state index is 0.0482. The van der Waals surface area contributed by atoms with Gasteiger partial charge in [0.1, 0.15) is 0 Å². The molecule has 1 aliphatic carbocycles. The van der Waals surface area contributed by atoms with Crippen molar-refractivity contribution in [2.24, 2.45) is 11.8 Å². The lowest BCUT2D eigenvalue weighted by atomic mass is 9.75. The number of alkyl halides is 1. The van der Waals surface area contributed by atoms with E-state index in [-0.39, 0.29) is 11.2 Å². The number of halogens is 1. The van der Waals surface area contributed by atoms with Gasteiger partial charge >= 0.3 is 0 Å². The van der Waals surface area contributed by atoms with E-state index >= 15 is 0 Å². The second-order valence-corrected chi connectivity index (χ2v) is 7.77. The van der Waals surface area contributed by atoms with Crippen molar-refractivity contribution in [3.8, 4) is 0 Å². The molecule has 114 valence electrons. The molecule has 0 spiro atoms. The van der Waals surface area contributed by atoms with Crippen LogP contribution in [0.25, 0.3) is 0 Å². The predicted octanol–water partition coefficient (Wildman–Crippen LogP) is 4.80. The van der Waals surface area contributed by atoms with Crippen LogP contribution >= 0.6 is 15.9 Å². The Bertz CT molecular complexity index is 250. The first kappa shape index (κ1) is 17.5. The van der Waals surface area contributed by atoms with E-state index in [9.17, 15) is 0 Å². The highest BCUT2D eigenvalue weighted by molar-refractivity contribution is 9.09. The molecular formula is C16H31BrO2. The molecule has 0 saturated heterocycles. The minimum atomic E-state index is -0.0692. The van der Waals surface area contributed by atoms with Crippen LogP contribution in [0.2, 0.25) is 0 Å². The Kier molecular flexibility index (Phi) is 6.82. The second kappa shape index (κ2) is 7.42. The summed E-state index contributed by atoms with van der Waals surface area (Å²) in [5.41, 5.74) is -0.0210. The molecule has 0 aromatic carbocycles. The van der Waals surface area contributed by atoms with Gasteiger partial charge in [0, 0.05) is 5.33 Å². The van der Waals surface area contributed by atoms with Crippen molar-refractivity contribution in [3.05, 3.63) is 0 Å². The van der Waals surface area contributed by atoms with Crippen LogP contribution in [0.1, 0.15) is 60.3 Å². The number of hydrogen-bond acceptors (Lipinski definition) is 2. The summed E-state index contributed by atoms with van der Waals surface area (Å²) in [6.07, 6.45) is 4.94. The van der Waals surface area contributed by atoms with E-state index in [4.69, 9.17) is 9.47 Å². The Labute approximate surface area is 127 Å². The van der Waals surface area contributed by atoms with Crippen LogP contribution in [-0.2, 0) is 9.47 Å². The smallest absolute Gasteiger partial charge is 0.0780 e. The highest BCUT2D eigenvalue weighted by Crippen LogP contribution is 2.39. The number of ether oxygens (including phenoxy) is 2. The molecule has 0 amide bonds. The zero-order chi connectivity index (χ0) is 14.5. The van der Waals surface area contributed by atoms with Crippen LogP contribution in [0.3, 0.4) is 0 Å². The van der Waals surface area contributed by atoms with Gasteiger partial charge in [-0.2, -0.15) is 0 Å². The third kappa shape index (κ3) is 6.14. The molecule has 0 N–H and O–H groups in total. The van der Waals surface area contributed by atoms with E-state index in [2.05, 4.69) is 50.5 Å². The van der Waals surface area contributed by atoms with Gasteiger partial charge in [-0.25, -0.2) is 0 Å². The van der Waals surface area contributed by atoms with E-state index < -0.39 is 0 Å². The monoisotopic (exact) mass is 334 g/mol. The molecule has 0 bridgehead atoms. The van der Waals surface area contributed by atoms with Crippen LogP contribution < -0.4 is 0 Å². The lowest BCUT2D eigenvalue weighted by molar-refractivity contribution is -0.101. The summed E-state index contributed by atoms with van der Waals surface area (Å²) in [6.45, 7) is 12.3. The highest BCUT2D eigenvalue weighted by Gasteiger charge is 2.36. The van der Waals surface area contributed by atoms with Crippen molar-refractivity contribution in [1.82, 2.24) is 0 Å². The summed E-state index contributed by atoms with van der Waals surface area (Å²) < 4.78 is 11.9. The van der Waals surface area contributed by atoms with Gasteiger partial charge in [0.2, 0.25) is 0 Å². The maximum absolute atomic E-state index is 6.17. The van der Waals surface area contributed by atoms with Crippen molar-refractivity contribution in [2.75, 3.05) is 18.5 Å². The first-order valence-corrected chi connectivity index (χ1v) is 8.74. The third-order valence-electron chi connectivity index (χ3n) is 4.15. The summed E-state index contributed by atoms with van der Waals surface area (Å²) >= 11 is 3.65. The molecule has 1 saturated carbocycles. The van der Waals surface area contributed by atoms with E-state index in [1.807, 2.05) is 0 Å². The van der Waals surface area contributed by atoms with Crippen molar-refractivity contribution < 1.29 is 9.47 Å². The first-order chi connectivity index (χ1) is 8.78. The summed E-state index contributed by atoms with van der Waals surface area (Å²) in [5.74, 6) is 1.68. The van der Waals surface area contributed by atoms with Crippen molar-refractivity contribution >= 4 is 15.9 Å². The maximum Gasteiger partial charge on any atom is 0.0780 e. The lowest BCUT2D eigenvalue weighted by Crippen LogP contribution is -2.41. The quantitative estimate of drug-likeness (QED) is 0.513. The number of hydrogen-bond donors (Lipinski definition) is 0. The van der Waals surface area contributed by atoms with Gasteiger partial charge in [-0.1, -0.05) is 29.8 Å². The van der Waals surface area contributed by atoms with Crippen LogP contribution in [0.5, 0.6) is 0 Å². The lowest BCUT2D eigenvalue weighted by Gasteiger charge is -2.40.